The standard InChI is InChI=1S/C14H20N2O3/c1-14(2)8-10(5-6-19-14)16-13(18)9-3-4-11(15)12(17)7-9/h3-4,7,10,17H,5-6,8,15H2,1-2H3,(H,16,18). The van der Waals surface area contributed by atoms with Gasteiger partial charge in [-0.15, -0.1) is 0 Å². The molecule has 19 heavy (non-hydrogen) atoms. The van der Waals surface area contributed by atoms with Crippen LogP contribution in [0.25, 0.3) is 0 Å². The monoisotopic (exact) mass is 264 g/mol. The quantitative estimate of drug-likeness (QED) is 0.560. The number of hydrogen-bond donors (Lipinski definition) is 3. The van der Waals surface area contributed by atoms with Crippen molar-refractivity contribution in [3.8, 4) is 5.75 Å². The smallest absolute Gasteiger partial charge is 0.251 e. The molecule has 1 amide bonds. The number of anilines is 1. The second-order valence-electron chi connectivity index (χ2n) is 5.54. The lowest BCUT2D eigenvalue weighted by Gasteiger charge is -2.35. The van der Waals surface area contributed by atoms with Gasteiger partial charge in [0.2, 0.25) is 0 Å². The number of rotatable bonds is 2. The number of phenolic OH excluding ortho intramolecular Hbond substituents is 1. The van der Waals surface area contributed by atoms with Gasteiger partial charge in [-0.25, -0.2) is 0 Å². The zero-order valence-electron chi connectivity index (χ0n) is 11.3. The van der Waals surface area contributed by atoms with E-state index in [1.54, 1.807) is 6.07 Å². The molecule has 4 N–H and O–H groups in total. The summed E-state index contributed by atoms with van der Waals surface area (Å²) in [6.45, 7) is 4.67. The number of amides is 1. The molecule has 1 unspecified atom stereocenters. The molecule has 0 saturated carbocycles. The Balaban J connectivity index is 2.02. The molecule has 0 radical (unpaired) electrons. The van der Waals surface area contributed by atoms with Crippen molar-refractivity contribution in [2.45, 2.75) is 38.3 Å². The summed E-state index contributed by atoms with van der Waals surface area (Å²) < 4.78 is 5.61. The zero-order valence-corrected chi connectivity index (χ0v) is 11.3. The van der Waals surface area contributed by atoms with Crippen molar-refractivity contribution in [2.24, 2.45) is 0 Å². The summed E-state index contributed by atoms with van der Waals surface area (Å²) in [4.78, 5) is 12.1. The Bertz CT molecular complexity index is 486. The molecule has 1 saturated heterocycles. The Morgan fingerprint density at radius 1 is 1.53 bits per heavy atom. The average Bonchev–Trinajstić information content (AvgIpc) is 2.31. The van der Waals surface area contributed by atoms with Crippen molar-refractivity contribution in [1.29, 1.82) is 0 Å². The SMILES string of the molecule is CC1(C)CC(NC(=O)c2ccc(N)c(O)c2)CCO1. The highest BCUT2D eigenvalue weighted by molar-refractivity contribution is 5.95. The highest BCUT2D eigenvalue weighted by Crippen LogP contribution is 2.25. The van der Waals surface area contributed by atoms with E-state index in [-0.39, 0.29) is 29.0 Å². The second kappa shape index (κ2) is 5.09. The summed E-state index contributed by atoms with van der Waals surface area (Å²) >= 11 is 0. The minimum atomic E-state index is -0.209. The molecule has 0 spiro atoms. The lowest BCUT2D eigenvalue weighted by molar-refractivity contribution is -0.0615. The molecular weight excluding hydrogens is 244 g/mol. The summed E-state index contributed by atoms with van der Waals surface area (Å²) in [5.41, 5.74) is 5.98. The van der Waals surface area contributed by atoms with Gasteiger partial charge >= 0.3 is 0 Å². The number of nitrogens with two attached hydrogens (primary N) is 1. The number of benzene rings is 1. The molecule has 5 nitrogen and oxygen atoms in total. The van der Waals surface area contributed by atoms with Gasteiger partial charge in [-0.3, -0.25) is 4.79 Å². The van der Waals surface area contributed by atoms with Gasteiger partial charge < -0.3 is 20.9 Å². The molecule has 1 aromatic rings. The number of hydrogen-bond acceptors (Lipinski definition) is 4. The maximum atomic E-state index is 12.1. The van der Waals surface area contributed by atoms with Crippen molar-refractivity contribution in [1.82, 2.24) is 5.32 Å². The molecule has 2 rings (SSSR count). The predicted octanol–water partition coefficient (Wildman–Crippen LogP) is 1.66. The Labute approximate surface area is 112 Å². The van der Waals surface area contributed by atoms with Crippen molar-refractivity contribution >= 4 is 11.6 Å². The Kier molecular flexibility index (Phi) is 3.66. The molecular formula is C14H20N2O3. The van der Waals surface area contributed by atoms with Crippen LogP contribution in [0, 0.1) is 0 Å². The van der Waals surface area contributed by atoms with E-state index in [1.807, 2.05) is 13.8 Å². The van der Waals surface area contributed by atoms with Crippen LogP contribution in [-0.4, -0.2) is 29.3 Å². The van der Waals surface area contributed by atoms with Crippen LogP contribution < -0.4 is 11.1 Å². The first-order valence-corrected chi connectivity index (χ1v) is 6.41. The topological polar surface area (TPSA) is 84.6 Å². The van der Waals surface area contributed by atoms with Crippen molar-refractivity contribution in [3.05, 3.63) is 23.8 Å². The molecule has 1 fully saturated rings. The fourth-order valence-corrected chi connectivity index (χ4v) is 2.31. The number of aromatic hydroxyl groups is 1. The third-order valence-corrected chi connectivity index (χ3v) is 3.32. The van der Waals surface area contributed by atoms with Crippen molar-refractivity contribution in [2.75, 3.05) is 12.3 Å². The van der Waals surface area contributed by atoms with E-state index in [1.165, 1.54) is 12.1 Å². The number of phenols is 1. The predicted molar refractivity (Wildman–Crippen MR) is 73.0 cm³/mol. The highest BCUT2D eigenvalue weighted by Gasteiger charge is 2.29. The third kappa shape index (κ3) is 3.38. The Hall–Kier alpha value is -1.75. The molecule has 1 aliphatic rings. The van der Waals surface area contributed by atoms with Gasteiger partial charge in [0.1, 0.15) is 5.75 Å². The summed E-state index contributed by atoms with van der Waals surface area (Å²) in [6, 6.07) is 4.61. The molecule has 0 bridgehead atoms. The summed E-state index contributed by atoms with van der Waals surface area (Å²) in [5.74, 6) is -0.266. The van der Waals surface area contributed by atoms with Gasteiger partial charge in [0, 0.05) is 18.2 Å². The van der Waals surface area contributed by atoms with Gasteiger partial charge in [0.15, 0.2) is 0 Å². The third-order valence-electron chi connectivity index (χ3n) is 3.32. The van der Waals surface area contributed by atoms with E-state index >= 15 is 0 Å². The molecule has 5 heteroatoms. The van der Waals surface area contributed by atoms with Crippen molar-refractivity contribution < 1.29 is 14.6 Å². The lowest BCUT2D eigenvalue weighted by Crippen LogP contribution is -2.45. The summed E-state index contributed by atoms with van der Waals surface area (Å²) in [7, 11) is 0. The van der Waals surface area contributed by atoms with Crippen LogP contribution >= 0.6 is 0 Å². The first-order chi connectivity index (χ1) is 8.87. The largest absolute Gasteiger partial charge is 0.506 e. The maximum Gasteiger partial charge on any atom is 0.251 e. The second-order valence-corrected chi connectivity index (χ2v) is 5.54. The minimum Gasteiger partial charge on any atom is -0.506 e. The van der Waals surface area contributed by atoms with E-state index in [0.717, 1.165) is 12.8 Å². The number of ether oxygens (including phenoxy) is 1. The normalized spacial score (nSPS) is 21.9. The molecule has 0 aliphatic carbocycles. The number of carbonyl (C=O) groups excluding carboxylic acids is 1. The van der Waals surface area contributed by atoms with Crippen LogP contribution in [0.3, 0.4) is 0 Å². The number of carbonyl (C=O) groups is 1. The van der Waals surface area contributed by atoms with Crippen LogP contribution in [-0.2, 0) is 4.74 Å². The highest BCUT2D eigenvalue weighted by atomic mass is 16.5. The first kappa shape index (κ1) is 13.7. The van der Waals surface area contributed by atoms with Gasteiger partial charge in [0.05, 0.1) is 11.3 Å². The summed E-state index contributed by atoms with van der Waals surface area (Å²) in [6.07, 6.45) is 1.58. The Morgan fingerprint density at radius 2 is 2.26 bits per heavy atom. The van der Waals surface area contributed by atoms with Crippen LogP contribution in [0.5, 0.6) is 5.75 Å². The molecule has 1 atom stereocenters. The van der Waals surface area contributed by atoms with E-state index in [4.69, 9.17) is 10.5 Å². The fraction of sp³-hybridized carbons (Fsp3) is 0.500. The molecule has 104 valence electrons. The van der Waals surface area contributed by atoms with Crippen LogP contribution in [0.2, 0.25) is 0 Å². The summed E-state index contributed by atoms with van der Waals surface area (Å²) in [5, 5.41) is 12.5. The van der Waals surface area contributed by atoms with Gasteiger partial charge in [-0.05, 0) is 44.9 Å². The van der Waals surface area contributed by atoms with E-state index in [9.17, 15) is 9.90 Å². The van der Waals surface area contributed by atoms with Gasteiger partial charge in [-0.2, -0.15) is 0 Å². The van der Waals surface area contributed by atoms with Crippen molar-refractivity contribution in [3.63, 3.8) is 0 Å². The zero-order chi connectivity index (χ0) is 14.0. The van der Waals surface area contributed by atoms with Gasteiger partial charge in [-0.1, -0.05) is 0 Å². The number of nitrogen functional groups attached to an aromatic ring is 1. The van der Waals surface area contributed by atoms with Crippen LogP contribution in [0.4, 0.5) is 5.69 Å². The molecule has 1 heterocycles. The average molecular weight is 264 g/mol. The number of nitrogens with one attached hydrogen (secondary N) is 1. The molecule has 1 aliphatic heterocycles. The van der Waals surface area contributed by atoms with E-state index < -0.39 is 0 Å². The lowest BCUT2D eigenvalue weighted by atomic mass is 9.94. The first-order valence-electron chi connectivity index (χ1n) is 6.41. The van der Waals surface area contributed by atoms with Crippen LogP contribution in [0.1, 0.15) is 37.0 Å². The molecule has 0 aromatic heterocycles. The van der Waals surface area contributed by atoms with E-state index in [2.05, 4.69) is 5.32 Å². The van der Waals surface area contributed by atoms with Gasteiger partial charge in [0.25, 0.3) is 5.91 Å². The van der Waals surface area contributed by atoms with Crippen LogP contribution in [0.15, 0.2) is 18.2 Å². The van der Waals surface area contributed by atoms with E-state index in [0.29, 0.717) is 12.2 Å². The minimum absolute atomic E-state index is 0.0695. The Morgan fingerprint density at radius 3 is 2.89 bits per heavy atom. The fourth-order valence-electron chi connectivity index (χ4n) is 2.31. The maximum absolute atomic E-state index is 12.1. The molecule has 1 aromatic carbocycles.